The monoisotopic (exact) mass is 516 g/mol. The van der Waals surface area contributed by atoms with E-state index >= 15 is 0 Å². The number of quaternary nitrogens is 1. The number of likely N-dealkylation sites (N-methyl/N-ethyl adjacent to an activating group) is 1. The molecule has 0 aliphatic rings. The first-order valence-corrected chi connectivity index (χ1v) is 16.0. The molecule has 0 aliphatic carbocycles. The maximum absolute atomic E-state index is 11.8. The Morgan fingerprint density at radius 2 is 1.00 bits per heavy atom. The van der Waals surface area contributed by atoms with Gasteiger partial charge < -0.3 is 19.4 Å². The number of aliphatic hydroxyl groups is 1. The number of hydrogen-bond donors (Lipinski definition) is 3. The summed E-state index contributed by atoms with van der Waals surface area (Å²) in [6.45, 7) is 2.32. The Morgan fingerprint density at radius 3 is 1.40 bits per heavy atom. The number of allylic oxidation sites excluding steroid dienone is 4. The zero-order chi connectivity index (χ0) is 26.5. The van der Waals surface area contributed by atoms with Crippen LogP contribution in [0.15, 0.2) is 24.3 Å². The van der Waals surface area contributed by atoms with Crippen molar-refractivity contribution in [2.45, 2.75) is 134 Å². The fraction of sp³-hybridized carbons (Fsp3) is 0.862. The van der Waals surface area contributed by atoms with E-state index in [2.05, 4.69) is 31.2 Å². The lowest BCUT2D eigenvalue weighted by Crippen LogP contribution is -2.49. The molecule has 0 spiro atoms. The van der Waals surface area contributed by atoms with Crippen LogP contribution in [0.1, 0.15) is 129 Å². The first-order chi connectivity index (χ1) is 16.5. The van der Waals surface area contributed by atoms with Crippen molar-refractivity contribution in [3.63, 3.8) is 0 Å². The van der Waals surface area contributed by atoms with Crippen molar-refractivity contribution in [2.24, 2.45) is 0 Å². The van der Waals surface area contributed by atoms with Gasteiger partial charge in [0.15, 0.2) is 0 Å². The third-order valence-corrected chi connectivity index (χ3v) is 7.97. The quantitative estimate of drug-likeness (QED) is 0.0524. The van der Waals surface area contributed by atoms with Crippen LogP contribution >= 0.6 is 7.60 Å². The molecule has 0 radical (unpaired) electrons. The minimum absolute atomic E-state index is 0.0416. The van der Waals surface area contributed by atoms with E-state index < -0.39 is 12.9 Å². The summed E-state index contributed by atoms with van der Waals surface area (Å²) < 4.78 is 12.1. The van der Waals surface area contributed by atoms with Gasteiger partial charge >= 0.3 is 7.60 Å². The SMILES string of the molecule is CCCCCCCCCCCCC/C=C\CCC/C=C\CCCCC(O)(C[N+](C)(C)C)P(=O)(O)O. The van der Waals surface area contributed by atoms with Crippen LogP contribution in [0.5, 0.6) is 0 Å². The molecule has 1 unspecified atom stereocenters. The Hall–Kier alpha value is -0.450. The van der Waals surface area contributed by atoms with Gasteiger partial charge in [0.2, 0.25) is 5.34 Å². The van der Waals surface area contributed by atoms with Crippen molar-refractivity contribution in [3.05, 3.63) is 24.3 Å². The Morgan fingerprint density at radius 1 is 0.629 bits per heavy atom. The molecule has 0 amide bonds. The van der Waals surface area contributed by atoms with Crippen LogP contribution < -0.4 is 0 Å². The van der Waals surface area contributed by atoms with E-state index in [1.807, 2.05) is 21.1 Å². The van der Waals surface area contributed by atoms with Gasteiger partial charge in [0, 0.05) is 0 Å². The summed E-state index contributed by atoms with van der Waals surface area (Å²) in [6.07, 6.45) is 31.4. The van der Waals surface area contributed by atoms with Crippen LogP contribution in [0.25, 0.3) is 0 Å². The normalized spacial score (nSPS) is 14.8. The van der Waals surface area contributed by atoms with Gasteiger partial charge in [-0.3, -0.25) is 4.57 Å². The van der Waals surface area contributed by atoms with Gasteiger partial charge in [0.05, 0.1) is 21.1 Å². The van der Waals surface area contributed by atoms with Gasteiger partial charge in [0.25, 0.3) is 0 Å². The van der Waals surface area contributed by atoms with E-state index in [0.717, 1.165) is 32.1 Å². The van der Waals surface area contributed by atoms with Crippen molar-refractivity contribution in [1.29, 1.82) is 0 Å². The molecule has 0 rings (SSSR count). The third kappa shape index (κ3) is 21.4. The molecule has 208 valence electrons. The molecule has 0 aromatic heterocycles. The number of unbranched alkanes of at least 4 members (excludes halogenated alkanes) is 15. The molecule has 0 heterocycles. The first-order valence-electron chi connectivity index (χ1n) is 14.4. The molecule has 0 fully saturated rings. The van der Waals surface area contributed by atoms with Crippen LogP contribution in [0.4, 0.5) is 0 Å². The summed E-state index contributed by atoms with van der Waals surface area (Å²) in [5.74, 6) is 0. The van der Waals surface area contributed by atoms with Crippen LogP contribution in [-0.2, 0) is 4.57 Å². The largest absolute Gasteiger partial charge is 0.373 e. The average Bonchev–Trinajstić information content (AvgIpc) is 2.75. The van der Waals surface area contributed by atoms with Gasteiger partial charge in [-0.15, -0.1) is 0 Å². The molecule has 5 nitrogen and oxygen atoms in total. The fourth-order valence-corrected chi connectivity index (χ4v) is 5.56. The summed E-state index contributed by atoms with van der Waals surface area (Å²) in [4.78, 5) is 19.2. The van der Waals surface area contributed by atoms with Crippen molar-refractivity contribution in [2.75, 3.05) is 27.7 Å². The van der Waals surface area contributed by atoms with Gasteiger partial charge in [-0.2, -0.15) is 0 Å². The predicted molar refractivity (Wildman–Crippen MR) is 152 cm³/mol. The summed E-state index contributed by atoms with van der Waals surface area (Å²) in [5, 5.41) is 8.61. The maximum atomic E-state index is 11.8. The second kappa shape index (κ2) is 20.6. The van der Waals surface area contributed by atoms with E-state index in [1.54, 1.807) is 0 Å². The highest BCUT2D eigenvalue weighted by Crippen LogP contribution is 2.52. The van der Waals surface area contributed by atoms with E-state index in [1.165, 1.54) is 77.0 Å². The second-order valence-corrected chi connectivity index (χ2v) is 13.3. The molecular formula is C29H59NO4P+. The summed E-state index contributed by atoms with van der Waals surface area (Å²) in [5.41, 5.74) is 0. The van der Waals surface area contributed by atoms with Gasteiger partial charge in [-0.25, -0.2) is 0 Å². The lowest BCUT2D eigenvalue weighted by Gasteiger charge is -2.35. The minimum Gasteiger partial charge on any atom is -0.373 e. The van der Waals surface area contributed by atoms with Crippen molar-refractivity contribution in [1.82, 2.24) is 0 Å². The Labute approximate surface area is 217 Å². The van der Waals surface area contributed by atoms with E-state index in [-0.39, 0.29) is 13.0 Å². The lowest BCUT2D eigenvalue weighted by atomic mass is 10.1. The highest BCUT2D eigenvalue weighted by molar-refractivity contribution is 7.53. The first kappa shape index (κ1) is 34.6. The van der Waals surface area contributed by atoms with Gasteiger partial charge in [0.1, 0.15) is 6.54 Å². The number of nitrogens with zero attached hydrogens (tertiary/aromatic N) is 1. The van der Waals surface area contributed by atoms with E-state index in [4.69, 9.17) is 0 Å². The van der Waals surface area contributed by atoms with E-state index in [0.29, 0.717) is 10.9 Å². The average molecular weight is 517 g/mol. The predicted octanol–water partition coefficient (Wildman–Crippen LogP) is 8.10. The fourth-order valence-electron chi connectivity index (χ4n) is 4.50. The number of hydrogen-bond acceptors (Lipinski definition) is 2. The summed E-state index contributed by atoms with van der Waals surface area (Å²) in [6, 6.07) is 0. The molecule has 35 heavy (non-hydrogen) atoms. The zero-order valence-corrected chi connectivity index (χ0v) is 24.5. The molecule has 3 N–H and O–H groups in total. The Balaban J connectivity index is 3.62. The van der Waals surface area contributed by atoms with Crippen molar-refractivity contribution >= 4 is 7.60 Å². The summed E-state index contributed by atoms with van der Waals surface area (Å²) >= 11 is 0. The van der Waals surface area contributed by atoms with Crippen molar-refractivity contribution < 1.29 is 23.9 Å². The van der Waals surface area contributed by atoms with E-state index in [9.17, 15) is 19.5 Å². The van der Waals surface area contributed by atoms with Crippen LogP contribution in [-0.4, -0.2) is 52.4 Å². The lowest BCUT2D eigenvalue weighted by molar-refractivity contribution is -0.875. The minimum atomic E-state index is -4.57. The zero-order valence-electron chi connectivity index (χ0n) is 23.6. The second-order valence-electron chi connectivity index (χ2n) is 11.4. The van der Waals surface area contributed by atoms with Crippen LogP contribution in [0.2, 0.25) is 0 Å². The molecule has 0 aliphatic heterocycles. The summed E-state index contributed by atoms with van der Waals surface area (Å²) in [7, 11) is 0.926. The van der Waals surface area contributed by atoms with Crippen LogP contribution in [0, 0.1) is 0 Å². The highest BCUT2D eigenvalue weighted by Gasteiger charge is 2.48. The molecule has 0 saturated heterocycles. The van der Waals surface area contributed by atoms with Crippen LogP contribution in [0.3, 0.4) is 0 Å². The molecule has 6 heteroatoms. The molecule has 0 bridgehead atoms. The molecular weight excluding hydrogens is 457 g/mol. The van der Waals surface area contributed by atoms with Gasteiger partial charge in [-0.05, 0) is 57.8 Å². The molecule has 0 aromatic carbocycles. The molecule has 0 saturated carbocycles. The Bertz CT molecular complexity index is 594. The third-order valence-electron chi connectivity index (χ3n) is 6.52. The standard InChI is InChI=1S/C29H58NO4P/c1-5-6-7-8-9-10-11-12-13-14-15-16-17-18-19-20-21-22-23-24-25-26-27-29(31,35(32,33)34)28-30(2,3)4/h17-18,22-23,31H,5-16,19-21,24-28H2,1-4H3,(H-,32,33,34)/p+1/b18-17-,23-22-. The maximum Gasteiger partial charge on any atom is 0.362 e. The smallest absolute Gasteiger partial charge is 0.362 e. The highest BCUT2D eigenvalue weighted by atomic mass is 31.2. The molecule has 1 atom stereocenters. The van der Waals surface area contributed by atoms with Crippen molar-refractivity contribution in [3.8, 4) is 0 Å². The number of rotatable bonds is 24. The Kier molecular flexibility index (Phi) is 20.3. The molecule has 0 aromatic rings. The van der Waals surface area contributed by atoms with Gasteiger partial charge in [-0.1, -0.05) is 95.4 Å². The topological polar surface area (TPSA) is 77.8 Å².